The van der Waals surface area contributed by atoms with E-state index in [2.05, 4.69) is 6.92 Å². The fraction of sp³-hybridized carbons (Fsp3) is 0.474. The van der Waals surface area contributed by atoms with Crippen molar-refractivity contribution in [3.63, 3.8) is 0 Å². The number of allylic oxidation sites excluding steroid dienone is 1. The molecular weight excluding hydrogens is 276 g/mol. The number of unbranched alkanes of at least 4 members (excludes halogenated alkanes) is 6. The van der Waals surface area contributed by atoms with Crippen LogP contribution in [0.3, 0.4) is 0 Å². The van der Waals surface area contributed by atoms with Gasteiger partial charge >= 0.3 is 0 Å². The molecule has 0 aromatic heterocycles. The third-order valence-corrected chi connectivity index (χ3v) is 3.93. The Morgan fingerprint density at radius 3 is 2.23 bits per heavy atom. The second-order valence-electron chi connectivity index (χ2n) is 5.72. The molecule has 22 heavy (non-hydrogen) atoms. The number of carbonyl (C=O) groups excluding carboxylic acids is 2. The number of ketones is 2. The van der Waals surface area contributed by atoms with Gasteiger partial charge in [0.05, 0.1) is 6.61 Å². The molecule has 0 N–H and O–H groups in total. The van der Waals surface area contributed by atoms with Gasteiger partial charge in [0, 0.05) is 17.2 Å². The molecule has 3 nitrogen and oxygen atoms in total. The van der Waals surface area contributed by atoms with Crippen LogP contribution in [-0.2, 0) is 9.53 Å². The van der Waals surface area contributed by atoms with E-state index in [1.54, 1.807) is 12.1 Å². The van der Waals surface area contributed by atoms with Crippen molar-refractivity contribution in [1.82, 2.24) is 0 Å². The topological polar surface area (TPSA) is 43.4 Å². The van der Waals surface area contributed by atoms with Crippen LogP contribution in [0.15, 0.2) is 30.3 Å². The van der Waals surface area contributed by atoms with Crippen LogP contribution < -0.4 is 0 Å². The van der Waals surface area contributed by atoms with E-state index in [0.717, 1.165) is 18.4 Å². The molecule has 0 unspecified atom stereocenters. The van der Waals surface area contributed by atoms with Crippen molar-refractivity contribution in [2.24, 2.45) is 0 Å². The molecule has 3 heteroatoms. The Balaban J connectivity index is 1.79. The van der Waals surface area contributed by atoms with Crippen LogP contribution >= 0.6 is 0 Å². The summed E-state index contributed by atoms with van der Waals surface area (Å²) in [5, 5.41) is 0. The highest BCUT2D eigenvalue weighted by atomic mass is 16.5. The van der Waals surface area contributed by atoms with Crippen molar-refractivity contribution >= 4 is 17.3 Å². The average molecular weight is 300 g/mol. The zero-order valence-corrected chi connectivity index (χ0v) is 13.3. The second-order valence-corrected chi connectivity index (χ2v) is 5.72. The molecule has 0 spiro atoms. The van der Waals surface area contributed by atoms with Gasteiger partial charge in [0.25, 0.3) is 0 Å². The lowest BCUT2D eigenvalue weighted by molar-refractivity contribution is -0.111. The van der Waals surface area contributed by atoms with Gasteiger partial charge in [-0.15, -0.1) is 0 Å². The standard InChI is InChI=1S/C19H24O3/c1-2-3-4-5-6-7-10-13-22-18-14-17(20)19(21)16-12-9-8-11-15(16)18/h8-9,11-12,14H,2-7,10,13H2,1H3. The van der Waals surface area contributed by atoms with E-state index in [4.69, 9.17) is 4.74 Å². The minimum Gasteiger partial charge on any atom is -0.493 e. The van der Waals surface area contributed by atoms with E-state index in [-0.39, 0.29) is 0 Å². The lowest BCUT2D eigenvalue weighted by atomic mass is 9.94. The van der Waals surface area contributed by atoms with Crippen molar-refractivity contribution in [2.45, 2.75) is 51.9 Å². The van der Waals surface area contributed by atoms with Crippen LogP contribution in [-0.4, -0.2) is 18.2 Å². The first kappa shape index (κ1) is 16.5. The summed E-state index contributed by atoms with van der Waals surface area (Å²) >= 11 is 0. The molecule has 0 heterocycles. The lowest BCUT2D eigenvalue weighted by Gasteiger charge is -2.16. The second kappa shape index (κ2) is 8.52. The van der Waals surface area contributed by atoms with Gasteiger partial charge in [-0.1, -0.05) is 69.7 Å². The Bertz CT molecular complexity index is 558. The van der Waals surface area contributed by atoms with Crippen molar-refractivity contribution in [3.8, 4) is 0 Å². The van der Waals surface area contributed by atoms with Gasteiger partial charge in [0.2, 0.25) is 11.6 Å². The number of hydrogen-bond donors (Lipinski definition) is 0. The fourth-order valence-electron chi connectivity index (χ4n) is 2.65. The van der Waals surface area contributed by atoms with E-state index in [0.29, 0.717) is 17.9 Å². The van der Waals surface area contributed by atoms with Gasteiger partial charge in [-0.2, -0.15) is 0 Å². The predicted molar refractivity (Wildman–Crippen MR) is 87.7 cm³/mol. The number of fused-ring (bicyclic) bond motifs is 1. The van der Waals surface area contributed by atoms with E-state index < -0.39 is 11.6 Å². The summed E-state index contributed by atoms with van der Waals surface area (Å²) in [6.45, 7) is 2.81. The van der Waals surface area contributed by atoms with E-state index >= 15 is 0 Å². The van der Waals surface area contributed by atoms with E-state index in [1.807, 2.05) is 12.1 Å². The van der Waals surface area contributed by atoms with Crippen LogP contribution in [0, 0.1) is 0 Å². The monoisotopic (exact) mass is 300 g/mol. The molecule has 0 saturated heterocycles. The van der Waals surface area contributed by atoms with Crippen LogP contribution in [0.1, 0.15) is 67.8 Å². The van der Waals surface area contributed by atoms with E-state index in [9.17, 15) is 9.59 Å². The maximum absolute atomic E-state index is 11.8. The summed E-state index contributed by atoms with van der Waals surface area (Å²) in [6, 6.07) is 7.13. The maximum Gasteiger partial charge on any atom is 0.233 e. The maximum atomic E-state index is 11.8. The molecule has 0 saturated carbocycles. The van der Waals surface area contributed by atoms with Crippen LogP contribution in [0.4, 0.5) is 0 Å². The molecule has 0 aliphatic heterocycles. The number of rotatable bonds is 9. The largest absolute Gasteiger partial charge is 0.493 e. The number of hydrogen-bond acceptors (Lipinski definition) is 3. The summed E-state index contributed by atoms with van der Waals surface area (Å²) in [6.07, 6.45) is 9.86. The number of ether oxygens (including phenoxy) is 1. The molecule has 1 aliphatic rings. The van der Waals surface area contributed by atoms with Gasteiger partial charge in [-0.25, -0.2) is 0 Å². The van der Waals surface area contributed by atoms with Gasteiger partial charge in [0.15, 0.2) is 0 Å². The lowest BCUT2D eigenvalue weighted by Crippen LogP contribution is -2.19. The predicted octanol–water partition coefficient (Wildman–Crippen LogP) is 4.56. The molecule has 1 aromatic rings. The van der Waals surface area contributed by atoms with Gasteiger partial charge in [0.1, 0.15) is 5.76 Å². The summed E-state index contributed by atoms with van der Waals surface area (Å²) in [5.41, 5.74) is 1.18. The van der Waals surface area contributed by atoms with Gasteiger partial charge < -0.3 is 4.74 Å². The zero-order chi connectivity index (χ0) is 15.8. The first-order valence-electron chi connectivity index (χ1n) is 8.26. The highest BCUT2D eigenvalue weighted by Gasteiger charge is 2.26. The Hall–Kier alpha value is -1.90. The Labute approximate surface area is 132 Å². The van der Waals surface area contributed by atoms with Crippen molar-refractivity contribution < 1.29 is 14.3 Å². The SMILES string of the molecule is CCCCCCCCCOC1=CC(=O)C(=O)c2ccccc21. The Morgan fingerprint density at radius 2 is 1.50 bits per heavy atom. The third kappa shape index (κ3) is 4.30. The highest BCUT2D eigenvalue weighted by Crippen LogP contribution is 2.26. The van der Waals surface area contributed by atoms with Gasteiger partial charge in [-0.05, 0) is 6.42 Å². The number of benzene rings is 1. The van der Waals surface area contributed by atoms with Crippen LogP contribution in [0.5, 0.6) is 0 Å². The fourth-order valence-corrected chi connectivity index (χ4v) is 2.65. The molecule has 1 aliphatic carbocycles. The zero-order valence-electron chi connectivity index (χ0n) is 13.3. The smallest absolute Gasteiger partial charge is 0.233 e. The molecule has 1 aromatic carbocycles. The molecule has 118 valence electrons. The minimum absolute atomic E-state index is 0.445. The summed E-state index contributed by atoms with van der Waals surface area (Å²) < 4.78 is 5.74. The first-order chi connectivity index (χ1) is 10.7. The third-order valence-electron chi connectivity index (χ3n) is 3.93. The first-order valence-corrected chi connectivity index (χ1v) is 8.26. The molecule has 2 rings (SSSR count). The molecule has 0 fully saturated rings. The summed E-state index contributed by atoms with van der Waals surface area (Å²) in [4.78, 5) is 23.5. The molecule has 0 bridgehead atoms. The van der Waals surface area contributed by atoms with Crippen molar-refractivity contribution in [3.05, 3.63) is 41.5 Å². The molecule has 0 radical (unpaired) electrons. The normalized spacial score (nSPS) is 13.8. The Kier molecular flexibility index (Phi) is 6.38. The van der Waals surface area contributed by atoms with Gasteiger partial charge in [-0.3, -0.25) is 9.59 Å². The molecule has 0 amide bonds. The quantitative estimate of drug-likeness (QED) is 0.496. The minimum atomic E-state index is -0.492. The summed E-state index contributed by atoms with van der Waals surface area (Å²) in [5.74, 6) is -0.404. The number of carbonyl (C=O) groups is 2. The number of Topliss-reactive ketones (excluding diaryl/α,β-unsaturated/α-hetero) is 1. The van der Waals surface area contributed by atoms with E-state index in [1.165, 1.54) is 38.2 Å². The highest BCUT2D eigenvalue weighted by molar-refractivity contribution is 6.50. The average Bonchev–Trinajstić information content (AvgIpc) is 2.54. The summed E-state index contributed by atoms with van der Waals surface area (Å²) in [7, 11) is 0. The molecular formula is C19H24O3. The Morgan fingerprint density at radius 1 is 0.864 bits per heavy atom. The van der Waals surface area contributed by atoms with Crippen molar-refractivity contribution in [2.75, 3.05) is 6.61 Å². The van der Waals surface area contributed by atoms with Crippen LogP contribution in [0.25, 0.3) is 5.76 Å². The molecule has 0 atom stereocenters. The van der Waals surface area contributed by atoms with Crippen molar-refractivity contribution in [1.29, 1.82) is 0 Å². The van der Waals surface area contributed by atoms with Crippen LogP contribution in [0.2, 0.25) is 0 Å².